The number of ether oxygens (including phenoxy) is 1. The third kappa shape index (κ3) is 4.33. The zero-order chi connectivity index (χ0) is 15.2. The molecule has 0 bridgehead atoms. The molecular weight excluding hydrogens is 330 g/mol. The van der Waals surface area contributed by atoms with Gasteiger partial charge in [0.1, 0.15) is 5.75 Å². The number of amides is 1. The normalized spacial score (nSPS) is 10.2. The Morgan fingerprint density at radius 3 is 2.57 bits per heavy atom. The number of nitrogens with one attached hydrogen (secondary N) is 1. The summed E-state index contributed by atoms with van der Waals surface area (Å²) in [5.41, 5.74) is 2.95. The zero-order valence-electron chi connectivity index (χ0n) is 12.2. The fourth-order valence-electron chi connectivity index (χ4n) is 2.12. The van der Waals surface area contributed by atoms with Crippen LogP contribution in [0.1, 0.15) is 21.5 Å². The molecule has 0 unspecified atom stereocenters. The molecule has 110 valence electrons. The third-order valence-electron chi connectivity index (χ3n) is 3.22. The van der Waals surface area contributed by atoms with E-state index in [1.54, 1.807) is 19.2 Å². The molecule has 21 heavy (non-hydrogen) atoms. The first-order chi connectivity index (χ1) is 10.1. The maximum atomic E-state index is 12.0. The summed E-state index contributed by atoms with van der Waals surface area (Å²) in [5.74, 6) is 0.799. The van der Waals surface area contributed by atoms with Crippen LogP contribution in [0.15, 0.2) is 46.9 Å². The van der Waals surface area contributed by atoms with E-state index in [0.29, 0.717) is 12.1 Å². The van der Waals surface area contributed by atoms with Gasteiger partial charge in [-0.2, -0.15) is 0 Å². The number of hydrogen-bond donors (Lipinski definition) is 1. The first kappa shape index (κ1) is 15.6. The highest BCUT2D eigenvalue weighted by Crippen LogP contribution is 2.19. The van der Waals surface area contributed by atoms with Crippen molar-refractivity contribution >= 4 is 21.8 Å². The SMILES string of the molecule is COc1ccc(C)cc1CCNC(=O)c1ccc(Br)cc1. The summed E-state index contributed by atoms with van der Waals surface area (Å²) in [5, 5.41) is 2.93. The molecule has 0 fully saturated rings. The molecule has 0 aliphatic carbocycles. The van der Waals surface area contributed by atoms with Crippen molar-refractivity contribution in [3.63, 3.8) is 0 Å². The Morgan fingerprint density at radius 1 is 1.19 bits per heavy atom. The van der Waals surface area contributed by atoms with Gasteiger partial charge in [-0.3, -0.25) is 4.79 Å². The number of hydrogen-bond acceptors (Lipinski definition) is 2. The van der Waals surface area contributed by atoms with E-state index in [4.69, 9.17) is 4.74 Å². The van der Waals surface area contributed by atoms with E-state index in [0.717, 1.165) is 22.2 Å². The molecule has 4 heteroatoms. The van der Waals surface area contributed by atoms with Crippen molar-refractivity contribution < 1.29 is 9.53 Å². The van der Waals surface area contributed by atoms with Crippen molar-refractivity contribution in [1.82, 2.24) is 5.32 Å². The minimum absolute atomic E-state index is 0.0610. The van der Waals surface area contributed by atoms with Crippen molar-refractivity contribution in [2.24, 2.45) is 0 Å². The highest BCUT2D eigenvalue weighted by Gasteiger charge is 2.06. The van der Waals surface area contributed by atoms with E-state index in [-0.39, 0.29) is 5.91 Å². The summed E-state index contributed by atoms with van der Waals surface area (Å²) in [6.45, 7) is 2.62. The van der Waals surface area contributed by atoms with Crippen LogP contribution in [0.4, 0.5) is 0 Å². The van der Waals surface area contributed by atoms with Crippen molar-refractivity contribution in [3.05, 3.63) is 63.6 Å². The minimum Gasteiger partial charge on any atom is -0.496 e. The first-order valence-corrected chi connectivity index (χ1v) is 7.56. The molecule has 0 aliphatic rings. The molecule has 3 nitrogen and oxygen atoms in total. The van der Waals surface area contributed by atoms with Gasteiger partial charge >= 0.3 is 0 Å². The van der Waals surface area contributed by atoms with Gasteiger partial charge in [-0.1, -0.05) is 33.6 Å². The lowest BCUT2D eigenvalue weighted by molar-refractivity contribution is 0.0954. The molecule has 0 atom stereocenters. The first-order valence-electron chi connectivity index (χ1n) is 6.77. The van der Waals surface area contributed by atoms with Crippen molar-refractivity contribution in [2.45, 2.75) is 13.3 Å². The molecule has 0 saturated carbocycles. The summed E-state index contributed by atoms with van der Waals surface area (Å²) in [4.78, 5) is 12.0. The van der Waals surface area contributed by atoms with E-state index in [9.17, 15) is 4.79 Å². The van der Waals surface area contributed by atoms with Crippen LogP contribution in [0, 0.1) is 6.92 Å². The molecule has 2 aromatic rings. The smallest absolute Gasteiger partial charge is 0.251 e. The van der Waals surface area contributed by atoms with E-state index in [2.05, 4.69) is 27.3 Å². The highest BCUT2D eigenvalue weighted by atomic mass is 79.9. The molecular formula is C17H18BrNO2. The summed E-state index contributed by atoms with van der Waals surface area (Å²) >= 11 is 3.35. The maximum Gasteiger partial charge on any atom is 0.251 e. The Hall–Kier alpha value is -1.81. The zero-order valence-corrected chi connectivity index (χ0v) is 13.7. The molecule has 0 spiro atoms. The lowest BCUT2D eigenvalue weighted by Crippen LogP contribution is -2.25. The van der Waals surface area contributed by atoms with Crippen LogP contribution in [0.2, 0.25) is 0 Å². The quantitative estimate of drug-likeness (QED) is 0.894. The fourth-order valence-corrected chi connectivity index (χ4v) is 2.38. The lowest BCUT2D eigenvalue weighted by atomic mass is 10.1. The van der Waals surface area contributed by atoms with Gasteiger partial charge in [0.15, 0.2) is 0 Å². The number of carbonyl (C=O) groups excluding carboxylic acids is 1. The number of aryl methyl sites for hydroxylation is 1. The standard InChI is InChI=1S/C17H18BrNO2/c1-12-3-8-16(21-2)14(11-12)9-10-19-17(20)13-4-6-15(18)7-5-13/h3-8,11H,9-10H2,1-2H3,(H,19,20). The van der Waals surface area contributed by atoms with Gasteiger partial charge in [-0.25, -0.2) is 0 Å². The van der Waals surface area contributed by atoms with Gasteiger partial charge in [-0.05, 0) is 49.2 Å². The van der Waals surface area contributed by atoms with Crippen LogP contribution in [-0.4, -0.2) is 19.6 Å². The Morgan fingerprint density at radius 2 is 1.90 bits per heavy atom. The molecule has 1 amide bonds. The second-order valence-electron chi connectivity index (χ2n) is 4.83. The summed E-state index contributed by atoms with van der Waals surface area (Å²) < 4.78 is 6.30. The van der Waals surface area contributed by atoms with Crippen LogP contribution >= 0.6 is 15.9 Å². The van der Waals surface area contributed by atoms with Crippen molar-refractivity contribution in [2.75, 3.05) is 13.7 Å². The van der Waals surface area contributed by atoms with E-state index in [1.807, 2.05) is 31.2 Å². The van der Waals surface area contributed by atoms with Crippen LogP contribution < -0.4 is 10.1 Å². The molecule has 0 saturated heterocycles. The van der Waals surface area contributed by atoms with Gasteiger partial charge in [0, 0.05) is 16.6 Å². The molecule has 0 aliphatic heterocycles. The van der Waals surface area contributed by atoms with Gasteiger partial charge in [0.25, 0.3) is 5.91 Å². The monoisotopic (exact) mass is 347 g/mol. The van der Waals surface area contributed by atoms with Crippen LogP contribution in [0.3, 0.4) is 0 Å². The average Bonchev–Trinajstić information content (AvgIpc) is 2.48. The Balaban J connectivity index is 1.93. The minimum atomic E-state index is -0.0610. The van der Waals surface area contributed by atoms with Gasteiger partial charge in [0.05, 0.1) is 7.11 Å². The third-order valence-corrected chi connectivity index (χ3v) is 3.75. The predicted molar refractivity (Wildman–Crippen MR) is 87.9 cm³/mol. The summed E-state index contributed by atoms with van der Waals surface area (Å²) in [7, 11) is 1.66. The number of carbonyl (C=O) groups is 1. The number of rotatable bonds is 5. The molecule has 0 radical (unpaired) electrons. The molecule has 0 aromatic heterocycles. The van der Waals surface area contributed by atoms with Gasteiger partial charge in [-0.15, -0.1) is 0 Å². The topological polar surface area (TPSA) is 38.3 Å². The van der Waals surface area contributed by atoms with Crippen LogP contribution in [0.25, 0.3) is 0 Å². The Bertz CT molecular complexity index is 623. The fraction of sp³-hybridized carbons (Fsp3) is 0.235. The Labute approximate surface area is 133 Å². The van der Waals surface area contributed by atoms with Crippen LogP contribution in [-0.2, 0) is 6.42 Å². The van der Waals surface area contributed by atoms with E-state index >= 15 is 0 Å². The maximum absolute atomic E-state index is 12.0. The van der Waals surface area contributed by atoms with E-state index < -0.39 is 0 Å². The second kappa shape index (κ2) is 7.27. The van der Waals surface area contributed by atoms with Crippen molar-refractivity contribution in [1.29, 1.82) is 0 Å². The molecule has 2 rings (SSSR count). The van der Waals surface area contributed by atoms with Gasteiger partial charge < -0.3 is 10.1 Å². The second-order valence-corrected chi connectivity index (χ2v) is 5.74. The summed E-state index contributed by atoms with van der Waals surface area (Å²) in [6, 6.07) is 13.4. The summed E-state index contributed by atoms with van der Waals surface area (Å²) in [6.07, 6.45) is 0.743. The van der Waals surface area contributed by atoms with E-state index in [1.165, 1.54) is 5.56 Å². The van der Waals surface area contributed by atoms with Crippen LogP contribution in [0.5, 0.6) is 5.75 Å². The molecule has 0 heterocycles. The lowest BCUT2D eigenvalue weighted by Gasteiger charge is -2.10. The Kier molecular flexibility index (Phi) is 5.39. The number of methoxy groups -OCH3 is 1. The predicted octanol–water partition coefficient (Wildman–Crippen LogP) is 3.74. The largest absolute Gasteiger partial charge is 0.496 e. The highest BCUT2D eigenvalue weighted by molar-refractivity contribution is 9.10. The molecule has 1 N–H and O–H groups in total. The number of benzene rings is 2. The van der Waals surface area contributed by atoms with Gasteiger partial charge in [0.2, 0.25) is 0 Å². The number of halogens is 1. The molecule has 2 aromatic carbocycles. The average molecular weight is 348 g/mol. The van der Waals surface area contributed by atoms with Crippen molar-refractivity contribution in [3.8, 4) is 5.75 Å².